The average molecular weight is 203 g/mol. The Morgan fingerprint density at radius 3 is 2.47 bits per heavy atom. The molecule has 0 fully saturated rings. The predicted octanol–water partition coefficient (Wildman–Crippen LogP) is 1.20. The van der Waals surface area contributed by atoms with Gasteiger partial charge in [-0.1, -0.05) is 18.2 Å². The fourth-order valence-electron chi connectivity index (χ4n) is 1.57. The van der Waals surface area contributed by atoms with Gasteiger partial charge in [-0.05, 0) is 18.4 Å². The van der Waals surface area contributed by atoms with Crippen molar-refractivity contribution in [2.24, 2.45) is 5.73 Å². The van der Waals surface area contributed by atoms with Crippen molar-refractivity contribution in [1.82, 2.24) is 0 Å². The number of carbonyl (C=O) groups is 1. The van der Waals surface area contributed by atoms with Gasteiger partial charge >= 0.3 is 5.63 Å². The lowest BCUT2D eigenvalue weighted by molar-refractivity contribution is 0.0969. The van der Waals surface area contributed by atoms with E-state index in [-0.39, 0.29) is 5.76 Å². The quantitative estimate of drug-likeness (QED) is 0.756. The van der Waals surface area contributed by atoms with Crippen molar-refractivity contribution in [3.05, 3.63) is 46.0 Å². The molecule has 4 nitrogen and oxygen atoms in total. The molecule has 0 aliphatic rings. The van der Waals surface area contributed by atoms with Gasteiger partial charge in [-0.25, -0.2) is 4.79 Å². The van der Waals surface area contributed by atoms with Crippen molar-refractivity contribution < 1.29 is 9.21 Å². The number of amides is 1. The molecule has 0 spiro atoms. The normalized spacial score (nSPS) is 10.5. The fraction of sp³-hybridized carbons (Fsp3) is 0.0909. The van der Waals surface area contributed by atoms with Crippen LogP contribution in [-0.2, 0) is 0 Å². The van der Waals surface area contributed by atoms with Crippen LogP contribution in [0.15, 0.2) is 33.5 Å². The Morgan fingerprint density at radius 2 is 1.87 bits per heavy atom. The second-order valence-electron chi connectivity index (χ2n) is 3.25. The first-order valence-corrected chi connectivity index (χ1v) is 4.43. The van der Waals surface area contributed by atoms with E-state index >= 15 is 0 Å². The third-order valence-corrected chi connectivity index (χ3v) is 2.31. The van der Waals surface area contributed by atoms with E-state index < -0.39 is 11.5 Å². The number of nitrogens with two attached hydrogens (primary N) is 1. The van der Waals surface area contributed by atoms with Crippen LogP contribution in [0.3, 0.4) is 0 Å². The van der Waals surface area contributed by atoms with E-state index in [0.29, 0.717) is 16.3 Å². The molecule has 1 heterocycles. The summed E-state index contributed by atoms with van der Waals surface area (Å²) in [6.07, 6.45) is 0. The minimum absolute atomic E-state index is 0.0706. The number of hydrogen-bond acceptors (Lipinski definition) is 3. The molecule has 0 atom stereocenters. The monoisotopic (exact) mass is 203 g/mol. The van der Waals surface area contributed by atoms with Gasteiger partial charge in [0, 0.05) is 5.56 Å². The van der Waals surface area contributed by atoms with Gasteiger partial charge in [-0.3, -0.25) is 4.79 Å². The fourth-order valence-corrected chi connectivity index (χ4v) is 1.57. The van der Waals surface area contributed by atoms with Crippen molar-refractivity contribution in [3.8, 4) is 0 Å². The van der Waals surface area contributed by atoms with Gasteiger partial charge in [0.15, 0.2) is 5.76 Å². The van der Waals surface area contributed by atoms with Crippen molar-refractivity contribution in [2.45, 2.75) is 6.92 Å². The maximum absolute atomic E-state index is 11.5. The zero-order valence-corrected chi connectivity index (χ0v) is 8.11. The minimum atomic E-state index is -0.727. The summed E-state index contributed by atoms with van der Waals surface area (Å²) in [6.45, 7) is 1.70. The number of hydrogen-bond donors (Lipinski definition) is 1. The molecule has 0 aliphatic heterocycles. The summed E-state index contributed by atoms with van der Waals surface area (Å²) in [5.74, 6) is -0.797. The SMILES string of the molecule is Cc1c(C(N)=O)oc(=O)c2ccccc12. The third-order valence-electron chi connectivity index (χ3n) is 2.31. The van der Waals surface area contributed by atoms with Crippen molar-refractivity contribution in [3.63, 3.8) is 0 Å². The summed E-state index contributed by atoms with van der Waals surface area (Å²) in [7, 11) is 0. The number of aryl methyl sites for hydroxylation is 1. The number of benzene rings is 1. The Morgan fingerprint density at radius 1 is 1.27 bits per heavy atom. The zero-order valence-electron chi connectivity index (χ0n) is 8.11. The first-order chi connectivity index (χ1) is 7.11. The highest BCUT2D eigenvalue weighted by Crippen LogP contribution is 2.17. The largest absolute Gasteiger partial charge is 0.417 e. The summed E-state index contributed by atoms with van der Waals surface area (Å²) >= 11 is 0. The summed E-state index contributed by atoms with van der Waals surface area (Å²) in [6, 6.07) is 6.94. The summed E-state index contributed by atoms with van der Waals surface area (Å²) in [5, 5.41) is 1.16. The van der Waals surface area contributed by atoms with Crippen LogP contribution in [0.1, 0.15) is 16.1 Å². The molecule has 0 saturated heterocycles. The second kappa shape index (κ2) is 3.24. The Bertz CT molecular complexity index is 598. The van der Waals surface area contributed by atoms with Crippen LogP contribution in [-0.4, -0.2) is 5.91 Å². The first kappa shape index (κ1) is 9.45. The topological polar surface area (TPSA) is 73.3 Å². The molecule has 0 bridgehead atoms. The van der Waals surface area contributed by atoms with Crippen LogP contribution >= 0.6 is 0 Å². The van der Waals surface area contributed by atoms with Gasteiger partial charge in [-0.15, -0.1) is 0 Å². The van der Waals surface area contributed by atoms with Gasteiger partial charge in [-0.2, -0.15) is 0 Å². The standard InChI is InChI=1S/C11H9NO3/c1-6-7-4-2-3-5-8(7)11(14)15-9(6)10(12)13/h2-5H,1H3,(H2,12,13). The van der Waals surface area contributed by atoms with Crippen LogP contribution in [0.2, 0.25) is 0 Å². The lowest BCUT2D eigenvalue weighted by atomic mass is 10.1. The molecule has 0 unspecified atom stereocenters. The maximum Gasteiger partial charge on any atom is 0.344 e. The van der Waals surface area contributed by atoms with Crippen molar-refractivity contribution in [2.75, 3.05) is 0 Å². The molecule has 0 radical (unpaired) electrons. The molecule has 2 aromatic rings. The van der Waals surface area contributed by atoms with Crippen LogP contribution in [0.5, 0.6) is 0 Å². The summed E-state index contributed by atoms with van der Waals surface area (Å²) in [5.41, 5.74) is 5.16. The highest BCUT2D eigenvalue weighted by atomic mass is 16.4. The summed E-state index contributed by atoms with van der Waals surface area (Å²) < 4.78 is 4.85. The first-order valence-electron chi connectivity index (χ1n) is 4.43. The van der Waals surface area contributed by atoms with E-state index in [2.05, 4.69) is 0 Å². The van der Waals surface area contributed by atoms with Crippen LogP contribution in [0.25, 0.3) is 10.8 Å². The third kappa shape index (κ3) is 1.40. The Balaban J connectivity index is 2.97. The molecule has 0 saturated carbocycles. The predicted molar refractivity (Wildman–Crippen MR) is 55.7 cm³/mol. The number of rotatable bonds is 1. The van der Waals surface area contributed by atoms with Gasteiger partial charge in [0.1, 0.15) is 0 Å². The van der Waals surface area contributed by atoms with Crippen LogP contribution < -0.4 is 11.4 Å². The Kier molecular flexibility index (Phi) is 2.04. The number of primary amides is 1. The van der Waals surface area contributed by atoms with E-state index in [4.69, 9.17) is 10.2 Å². The lowest BCUT2D eigenvalue weighted by Gasteiger charge is -2.03. The molecule has 2 N–H and O–H groups in total. The van der Waals surface area contributed by atoms with Gasteiger partial charge < -0.3 is 10.2 Å². The molecule has 1 amide bonds. The molecule has 1 aromatic heterocycles. The molecule has 0 aliphatic carbocycles. The van der Waals surface area contributed by atoms with Crippen molar-refractivity contribution in [1.29, 1.82) is 0 Å². The summed E-state index contributed by atoms with van der Waals surface area (Å²) in [4.78, 5) is 22.5. The van der Waals surface area contributed by atoms with Gasteiger partial charge in [0.25, 0.3) is 5.91 Å². The minimum Gasteiger partial charge on any atom is -0.417 e. The molecule has 4 heteroatoms. The van der Waals surface area contributed by atoms with E-state index in [1.54, 1.807) is 31.2 Å². The van der Waals surface area contributed by atoms with Gasteiger partial charge in [0.2, 0.25) is 0 Å². The molecular formula is C11H9NO3. The number of carbonyl (C=O) groups excluding carboxylic acids is 1. The molecular weight excluding hydrogens is 194 g/mol. The molecule has 2 rings (SSSR count). The molecule has 76 valence electrons. The zero-order chi connectivity index (χ0) is 11.0. The Hall–Kier alpha value is -2.10. The smallest absolute Gasteiger partial charge is 0.344 e. The number of fused-ring (bicyclic) bond motifs is 1. The maximum atomic E-state index is 11.5. The van der Waals surface area contributed by atoms with E-state index in [9.17, 15) is 9.59 Å². The van der Waals surface area contributed by atoms with E-state index in [1.165, 1.54) is 0 Å². The molecule has 15 heavy (non-hydrogen) atoms. The Labute approximate surface area is 85.3 Å². The van der Waals surface area contributed by atoms with Crippen LogP contribution in [0.4, 0.5) is 0 Å². The molecule has 1 aromatic carbocycles. The highest BCUT2D eigenvalue weighted by Gasteiger charge is 2.13. The second-order valence-corrected chi connectivity index (χ2v) is 3.25. The lowest BCUT2D eigenvalue weighted by Crippen LogP contribution is -2.16. The van der Waals surface area contributed by atoms with Crippen LogP contribution in [0, 0.1) is 6.92 Å². The van der Waals surface area contributed by atoms with E-state index in [1.807, 2.05) is 0 Å². The highest BCUT2D eigenvalue weighted by molar-refractivity contribution is 5.97. The van der Waals surface area contributed by atoms with Gasteiger partial charge in [0.05, 0.1) is 5.39 Å². The average Bonchev–Trinajstić information content (AvgIpc) is 2.23. The van der Waals surface area contributed by atoms with Crippen molar-refractivity contribution >= 4 is 16.7 Å². The van der Waals surface area contributed by atoms with E-state index in [0.717, 1.165) is 0 Å².